The number of benzene rings is 1. The standard InChI is InChI=1S/C10H11FO3/c1-14-9(10(12)13)6-7-2-4-8(11)5-3-7/h2-5,9H,6H2,1H3,(H,12,13). The summed E-state index contributed by atoms with van der Waals surface area (Å²) in [5.41, 5.74) is 0.737. The van der Waals surface area contributed by atoms with E-state index in [2.05, 4.69) is 0 Å². The average Bonchev–Trinajstić information content (AvgIpc) is 2.16. The molecule has 1 aromatic rings. The van der Waals surface area contributed by atoms with Gasteiger partial charge in [-0.2, -0.15) is 0 Å². The number of rotatable bonds is 4. The highest BCUT2D eigenvalue weighted by Crippen LogP contribution is 2.07. The number of carboxylic acids is 1. The molecule has 0 saturated heterocycles. The molecule has 3 nitrogen and oxygen atoms in total. The van der Waals surface area contributed by atoms with Gasteiger partial charge in [0.25, 0.3) is 0 Å². The van der Waals surface area contributed by atoms with Gasteiger partial charge in [0.05, 0.1) is 0 Å². The Morgan fingerprint density at radius 3 is 2.50 bits per heavy atom. The Bertz CT molecular complexity index is 308. The van der Waals surface area contributed by atoms with E-state index in [9.17, 15) is 9.18 Å². The molecule has 1 atom stereocenters. The number of carboxylic acid groups (broad SMARTS) is 1. The van der Waals surface area contributed by atoms with E-state index >= 15 is 0 Å². The van der Waals surface area contributed by atoms with Gasteiger partial charge in [-0.05, 0) is 17.7 Å². The third-order valence-electron chi connectivity index (χ3n) is 1.89. The Labute approximate surface area is 81.1 Å². The molecule has 1 aromatic carbocycles. The van der Waals surface area contributed by atoms with Gasteiger partial charge in [0.2, 0.25) is 0 Å². The first-order valence-corrected chi connectivity index (χ1v) is 4.13. The van der Waals surface area contributed by atoms with Crippen molar-refractivity contribution in [2.45, 2.75) is 12.5 Å². The normalized spacial score (nSPS) is 12.4. The van der Waals surface area contributed by atoms with Crippen molar-refractivity contribution in [1.29, 1.82) is 0 Å². The summed E-state index contributed by atoms with van der Waals surface area (Å²) in [6.45, 7) is 0. The van der Waals surface area contributed by atoms with Gasteiger partial charge in [-0.1, -0.05) is 12.1 Å². The molecular formula is C10H11FO3. The van der Waals surface area contributed by atoms with Crippen molar-refractivity contribution in [2.75, 3.05) is 7.11 Å². The van der Waals surface area contributed by atoms with Crippen molar-refractivity contribution in [1.82, 2.24) is 0 Å². The molecule has 0 heterocycles. The van der Waals surface area contributed by atoms with E-state index in [1.165, 1.54) is 19.2 Å². The van der Waals surface area contributed by atoms with E-state index in [0.29, 0.717) is 0 Å². The maximum atomic E-state index is 12.5. The van der Waals surface area contributed by atoms with Crippen LogP contribution in [0.25, 0.3) is 0 Å². The van der Waals surface area contributed by atoms with Crippen molar-refractivity contribution in [2.24, 2.45) is 0 Å². The first-order valence-electron chi connectivity index (χ1n) is 4.13. The minimum Gasteiger partial charge on any atom is -0.479 e. The molecule has 1 rings (SSSR count). The summed E-state index contributed by atoms with van der Waals surface area (Å²) in [5, 5.41) is 8.69. The minimum atomic E-state index is -1.02. The van der Waals surface area contributed by atoms with Crippen molar-refractivity contribution in [3.63, 3.8) is 0 Å². The Kier molecular flexibility index (Phi) is 3.59. The Hall–Kier alpha value is -1.42. The minimum absolute atomic E-state index is 0.242. The lowest BCUT2D eigenvalue weighted by Gasteiger charge is -2.09. The van der Waals surface area contributed by atoms with Crippen LogP contribution >= 0.6 is 0 Å². The van der Waals surface area contributed by atoms with Gasteiger partial charge in [0, 0.05) is 13.5 Å². The number of hydrogen-bond donors (Lipinski definition) is 1. The van der Waals surface area contributed by atoms with Crippen LogP contribution in [-0.4, -0.2) is 24.3 Å². The van der Waals surface area contributed by atoms with Crippen molar-refractivity contribution >= 4 is 5.97 Å². The molecule has 14 heavy (non-hydrogen) atoms. The number of hydrogen-bond acceptors (Lipinski definition) is 2. The van der Waals surface area contributed by atoms with Crippen molar-refractivity contribution < 1.29 is 19.0 Å². The number of aliphatic carboxylic acids is 1. The molecule has 0 aromatic heterocycles. The molecule has 4 heteroatoms. The fourth-order valence-electron chi connectivity index (χ4n) is 1.11. The predicted molar refractivity (Wildman–Crippen MR) is 48.5 cm³/mol. The van der Waals surface area contributed by atoms with Gasteiger partial charge < -0.3 is 9.84 Å². The first-order chi connectivity index (χ1) is 6.63. The van der Waals surface area contributed by atoms with Crippen LogP contribution < -0.4 is 0 Å². The Morgan fingerprint density at radius 1 is 1.50 bits per heavy atom. The molecule has 0 bridgehead atoms. The van der Waals surface area contributed by atoms with Gasteiger partial charge in [-0.3, -0.25) is 0 Å². The highest BCUT2D eigenvalue weighted by Gasteiger charge is 2.16. The SMILES string of the molecule is COC(Cc1ccc(F)cc1)C(=O)O. The average molecular weight is 198 g/mol. The lowest BCUT2D eigenvalue weighted by molar-refractivity contribution is -0.148. The van der Waals surface area contributed by atoms with Gasteiger partial charge in [0.15, 0.2) is 6.10 Å². The van der Waals surface area contributed by atoms with Crippen LogP contribution in [0.5, 0.6) is 0 Å². The van der Waals surface area contributed by atoms with Gasteiger partial charge >= 0.3 is 5.97 Å². The second-order valence-corrected chi connectivity index (χ2v) is 2.89. The van der Waals surface area contributed by atoms with Crippen LogP contribution in [0.15, 0.2) is 24.3 Å². The zero-order valence-corrected chi connectivity index (χ0v) is 7.74. The molecule has 1 N–H and O–H groups in total. The number of methoxy groups -OCH3 is 1. The van der Waals surface area contributed by atoms with E-state index in [1.807, 2.05) is 0 Å². The summed E-state index contributed by atoms with van der Waals surface area (Å²) in [7, 11) is 1.34. The van der Waals surface area contributed by atoms with Crippen LogP contribution in [0.4, 0.5) is 4.39 Å². The number of halogens is 1. The summed E-state index contributed by atoms with van der Waals surface area (Å²) in [4.78, 5) is 10.6. The fourth-order valence-corrected chi connectivity index (χ4v) is 1.11. The first kappa shape index (κ1) is 10.7. The van der Waals surface area contributed by atoms with E-state index in [0.717, 1.165) is 5.56 Å². The summed E-state index contributed by atoms with van der Waals surface area (Å²) in [5.74, 6) is -1.35. The van der Waals surface area contributed by atoms with E-state index in [-0.39, 0.29) is 12.2 Å². The molecule has 0 aliphatic rings. The van der Waals surface area contributed by atoms with E-state index < -0.39 is 12.1 Å². The molecular weight excluding hydrogens is 187 g/mol. The molecule has 0 spiro atoms. The zero-order chi connectivity index (χ0) is 10.6. The highest BCUT2D eigenvalue weighted by molar-refractivity contribution is 5.72. The van der Waals surface area contributed by atoms with Crippen molar-refractivity contribution in [3.8, 4) is 0 Å². The summed E-state index contributed by atoms with van der Waals surface area (Å²) < 4.78 is 17.3. The maximum Gasteiger partial charge on any atom is 0.333 e. The largest absolute Gasteiger partial charge is 0.479 e. The molecule has 0 radical (unpaired) electrons. The van der Waals surface area contributed by atoms with Crippen LogP contribution in [0.1, 0.15) is 5.56 Å². The second-order valence-electron chi connectivity index (χ2n) is 2.89. The van der Waals surface area contributed by atoms with E-state index in [4.69, 9.17) is 9.84 Å². The van der Waals surface area contributed by atoms with Crippen LogP contribution in [0, 0.1) is 5.82 Å². The Morgan fingerprint density at radius 2 is 2.07 bits per heavy atom. The number of ether oxygens (including phenoxy) is 1. The quantitative estimate of drug-likeness (QED) is 0.796. The molecule has 1 unspecified atom stereocenters. The monoisotopic (exact) mass is 198 g/mol. The molecule has 0 aliphatic heterocycles. The molecule has 0 aliphatic carbocycles. The van der Waals surface area contributed by atoms with Gasteiger partial charge in [0.1, 0.15) is 5.82 Å². The molecule has 0 saturated carbocycles. The predicted octanol–water partition coefficient (Wildman–Crippen LogP) is 1.47. The van der Waals surface area contributed by atoms with Crippen LogP contribution in [0.2, 0.25) is 0 Å². The third kappa shape index (κ3) is 2.81. The smallest absolute Gasteiger partial charge is 0.333 e. The topological polar surface area (TPSA) is 46.5 Å². The fraction of sp³-hybridized carbons (Fsp3) is 0.300. The van der Waals surface area contributed by atoms with Gasteiger partial charge in [-0.15, -0.1) is 0 Å². The van der Waals surface area contributed by atoms with Crippen LogP contribution in [-0.2, 0) is 16.0 Å². The van der Waals surface area contributed by atoms with Crippen LogP contribution in [0.3, 0.4) is 0 Å². The lowest BCUT2D eigenvalue weighted by atomic mass is 10.1. The van der Waals surface area contributed by atoms with E-state index in [1.54, 1.807) is 12.1 Å². The lowest BCUT2D eigenvalue weighted by Crippen LogP contribution is -2.24. The second kappa shape index (κ2) is 4.72. The molecule has 0 fully saturated rings. The molecule has 76 valence electrons. The van der Waals surface area contributed by atoms with Gasteiger partial charge in [-0.25, -0.2) is 9.18 Å². The van der Waals surface area contributed by atoms with Crippen molar-refractivity contribution in [3.05, 3.63) is 35.6 Å². The Balaban J connectivity index is 2.67. The third-order valence-corrected chi connectivity index (χ3v) is 1.89. The summed E-state index contributed by atoms with van der Waals surface area (Å²) in [6, 6.07) is 5.68. The molecule has 0 amide bonds. The summed E-state index contributed by atoms with van der Waals surface area (Å²) >= 11 is 0. The zero-order valence-electron chi connectivity index (χ0n) is 7.74. The summed E-state index contributed by atoms with van der Waals surface area (Å²) in [6.07, 6.45) is -0.632. The highest BCUT2D eigenvalue weighted by atomic mass is 19.1. The maximum absolute atomic E-state index is 12.5. The number of carbonyl (C=O) groups is 1.